The third-order valence-corrected chi connectivity index (χ3v) is 3.67. The highest BCUT2D eigenvalue weighted by molar-refractivity contribution is 5.56. The number of nitrogens with one attached hydrogen (secondary N) is 1. The minimum absolute atomic E-state index is 0.0186. The predicted octanol–water partition coefficient (Wildman–Crippen LogP) is 3.36. The zero-order valence-electron chi connectivity index (χ0n) is 12.3. The molecule has 0 atom stereocenters. The summed E-state index contributed by atoms with van der Waals surface area (Å²) in [6.45, 7) is 1.23. The van der Waals surface area contributed by atoms with E-state index in [9.17, 15) is 10.1 Å². The van der Waals surface area contributed by atoms with Gasteiger partial charge in [0.15, 0.2) is 0 Å². The Hall–Kier alpha value is -1.82. The van der Waals surface area contributed by atoms with Gasteiger partial charge in [-0.2, -0.15) is 0 Å². The van der Waals surface area contributed by atoms with Crippen LogP contribution in [-0.4, -0.2) is 31.3 Å². The Labute approximate surface area is 124 Å². The normalized spacial score (nSPS) is 15.7. The van der Waals surface area contributed by atoms with Crippen LogP contribution in [0.3, 0.4) is 0 Å². The van der Waals surface area contributed by atoms with Crippen LogP contribution in [0.4, 0.5) is 11.4 Å². The van der Waals surface area contributed by atoms with Gasteiger partial charge in [-0.05, 0) is 12.8 Å². The van der Waals surface area contributed by atoms with Gasteiger partial charge in [0.1, 0.15) is 5.75 Å². The van der Waals surface area contributed by atoms with Crippen LogP contribution in [0, 0.1) is 10.1 Å². The molecule has 1 aromatic rings. The van der Waals surface area contributed by atoms with E-state index in [1.165, 1.54) is 38.5 Å². The number of non-ortho nitro benzene ring substituents is 1. The van der Waals surface area contributed by atoms with Gasteiger partial charge in [-0.25, -0.2) is 0 Å². The van der Waals surface area contributed by atoms with Crippen LogP contribution in [0.15, 0.2) is 18.2 Å². The number of hydrogen-bond acceptors (Lipinski definition) is 5. The van der Waals surface area contributed by atoms with Crippen molar-refractivity contribution in [1.29, 1.82) is 0 Å². The molecule has 0 radical (unpaired) electrons. The highest BCUT2D eigenvalue weighted by Crippen LogP contribution is 2.25. The third kappa shape index (κ3) is 4.90. The molecule has 1 aliphatic carbocycles. The molecule has 0 aromatic heterocycles. The Kier molecular flexibility index (Phi) is 5.80. The molecule has 1 N–H and O–H groups in total. The van der Waals surface area contributed by atoms with E-state index in [2.05, 4.69) is 5.32 Å². The largest absolute Gasteiger partial charge is 0.496 e. The molecular weight excluding hydrogens is 272 g/mol. The quantitative estimate of drug-likeness (QED) is 0.474. The molecule has 116 valence electrons. The molecule has 0 aliphatic heterocycles. The number of benzene rings is 1. The number of ether oxygens (including phenoxy) is 2. The third-order valence-electron chi connectivity index (χ3n) is 3.67. The van der Waals surface area contributed by atoms with Gasteiger partial charge in [0.05, 0.1) is 30.8 Å². The number of nitro groups is 1. The zero-order valence-corrected chi connectivity index (χ0v) is 12.3. The maximum atomic E-state index is 10.9. The Morgan fingerprint density at radius 2 is 2.05 bits per heavy atom. The first-order chi connectivity index (χ1) is 10.2. The molecule has 1 fully saturated rings. The highest BCUT2D eigenvalue weighted by atomic mass is 16.6. The molecule has 0 heterocycles. The van der Waals surface area contributed by atoms with Crippen LogP contribution in [0.25, 0.3) is 0 Å². The van der Waals surface area contributed by atoms with E-state index in [1.807, 2.05) is 0 Å². The molecule has 1 aromatic carbocycles. The molecule has 0 amide bonds. The minimum Gasteiger partial charge on any atom is -0.496 e. The SMILES string of the molecule is COc1cc(NCCOC2CCCCC2)cc([N+](=O)[O-])c1. The summed E-state index contributed by atoms with van der Waals surface area (Å²) < 4.78 is 10.9. The van der Waals surface area contributed by atoms with Crippen LogP contribution in [-0.2, 0) is 4.74 Å². The summed E-state index contributed by atoms with van der Waals surface area (Å²) in [6.07, 6.45) is 6.47. The number of methoxy groups -OCH3 is 1. The van der Waals surface area contributed by atoms with Crippen molar-refractivity contribution in [2.45, 2.75) is 38.2 Å². The van der Waals surface area contributed by atoms with Crippen LogP contribution < -0.4 is 10.1 Å². The van der Waals surface area contributed by atoms with Gasteiger partial charge in [0.25, 0.3) is 5.69 Å². The van der Waals surface area contributed by atoms with Crippen LogP contribution in [0.2, 0.25) is 0 Å². The maximum absolute atomic E-state index is 10.9. The Morgan fingerprint density at radius 1 is 1.29 bits per heavy atom. The molecule has 0 spiro atoms. The fraction of sp³-hybridized carbons (Fsp3) is 0.600. The zero-order chi connectivity index (χ0) is 15.1. The van der Waals surface area contributed by atoms with E-state index in [0.29, 0.717) is 30.7 Å². The van der Waals surface area contributed by atoms with Gasteiger partial charge in [-0.3, -0.25) is 10.1 Å². The van der Waals surface area contributed by atoms with E-state index in [0.717, 1.165) is 12.8 Å². The minimum atomic E-state index is -0.424. The van der Waals surface area contributed by atoms with Gasteiger partial charge < -0.3 is 14.8 Å². The van der Waals surface area contributed by atoms with Crippen LogP contribution >= 0.6 is 0 Å². The Bertz CT molecular complexity index is 473. The molecule has 0 saturated heterocycles. The summed E-state index contributed by atoms with van der Waals surface area (Å²) in [5, 5.41) is 14.0. The topological polar surface area (TPSA) is 73.6 Å². The number of nitrogens with zero attached hydrogens (tertiary/aromatic N) is 1. The van der Waals surface area contributed by atoms with E-state index in [1.54, 1.807) is 6.07 Å². The molecule has 2 rings (SSSR count). The van der Waals surface area contributed by atoms with Crippen molar-refractivity contribution in [2.75, 3.05) is 25.6 Å². The summed E-state index contributed by atoms with van der Waals surface area (Å²) in [4.78, 5) is 10.4. The van der Waals surface area contributed by atoms with Gasteiger partial charge in [0, 0.05) is 24.4 Å². The standard InChI is InChI=1S/C15H22N2O4/c1-20-15-10-12(9-13(11-15)17(18)19)16-7-8-21-14-5-3-2-4-6-14/h9-11,14,16H,2-8H2,1H3. The van der Waals surface area contributed by atoms with Crippen LogP contribution in [0.1, 0.15) is 32.1 Å². The molecule has 1 saturated carbocycles. The molecule has 6 nitrogen and oxygen atoms in total. The van der Waals surface area contributed by atoms with Crippen molar-refractivity contribution < 1.29 is 14.4 Å². The summed E-state index contributed by atoms with van der Waals surface area (Å²) in [7, 11) is 1.50. The second-order valence-corrected chi connectivity index (χ2v) is 5.23. The van der Waals surface area contributed by atoms with Crippen molar-refractivity contribution in [1.82, 2.24) is 0 Å². The molecule has 6 heteroatoms. The van der Waals surface area contributed by atoms with Crippen molar-refractivity contribution >= 4 is 11.4 Å². The number of rotatable bonds is 7. The van der Waals surface area contributed by atoms with Crippen molar-refractivity contribution in [3.05, 3.63) is 28.3 Å². The van der Waals surface area contributed by atoms with E-state index in [-0.39, 0.29) is 5.69 Å². The van der Waals surface area contributed by atoms with E-state index >= 15 is 0 Å². The second kappa shape index (κ2) is 7.83. The monoisotopic (exact) mass is 294 g/mol. The second-order valence-electron chi connectivity index (χ2n) is 5.23. The fourth-order valence-corrected chi connectivity index (χ4v) is 2.56. The Morgan fingerprint density at radius 3 is 2.71 bits per heavy atom. The maximum Gasteiger partial charge on any atom is 0.275 e. The average Bonchev–Trinajstić information content (AvgIpc) is 2.52. The van der Waals surface area contributed by atoms with Gasteiger partial charge in [-0.1, -0.05) is 19.3 Å². The summed E-state index contributed by atoms with van der Waals surface area (Å²) in [5.74, 6) is 0.472. The van der Waals surface area contributed by atoms with E-state index < -0.39 is 4.92 Å². The number of anilines is 1. The first kappa shape index (κ1) is 15.6. The molecular formula is C15H22N2O4. The summed E-state index contributed by atoms with van der Waals surface area (Å²) in [5.41, 5.74) is 0.693. The first-order valence-electron chi connectivity index (χ1n) is 7.38. The fourth-order valence-electron chi connectivity index (χ4n) is 2.56. The molecule has 0 bridgehead atoms. The van der Waals surface area contributed by atoms with Gasteiger partial charge >= 0.3 is 0 Å². The molecule has 0 unspecified atom stereocenters. The average molecular weight is 294 g/mol. The lowest BCUT2D eigenvalue weighted by molar-refractivity contribution is -0.384. The number of hydrogen-bond donors (Lipinski definition) is 1. The molecule has 1 aliphatic rings. The van der Waals surface area contributed by atoms with E-state index in [4.69, 9.17) is 9.47 Å². The summed E-state index contributed by atoms with van der Waals surface area (Å²) >= 11 is 0. The van der Waals surface area contributed by atoms with Gasteiger partial charge in [-0.15, -0.1) is 0 Å². The summed E-state index contributed by atoms with van der Waals surface area (Å²) in [6, 6.07) is 4.65. The van der Waals surface area contributed by atoms with Crippen molar-refractivity contribution in [2.24, 2.45) is 0 Å². The first-order valence-corrected chi connectivity index (χ1v) is 7.38. The molecule has 21 heavy (non-hydrogen) atoms. The lowest BCUT2D eigenvalue weighted by Gasteiger charge is -2.22. The predicted molar refractivity (Wildman–Crippen MR) is 81.0 cm³/mol. The van der Waals surface area contributed by atoms with Crippen molar-refractivity contribution in [3.63, 3.8) is 0 Å². The van der Waals surface area contributed by atoms with Gasteiger partial charge in [0.2, 0.25) is 0 Å². The Balaban J connectivity index is 1.81. The lowest BCUT2D eigenvalue weighted by atomic mass is 9.98. The number of nitro benzene ring substituents is 1. The van der Waals surface area contributed by atoms with Crippen molar-refractivity contribution in [3.8, 4) is 5.75 Å². The smallest absolute Gasteiger partial charge is 0.275 e. The highest BCUT2D eigenvalue weighted by Gasteiger charge is 2.13. The lowest BCUT2D eigenvalue weighted by Crippen LogP contribution is -2.20. The van der Waals surface area contributed by atoms with Crippen LogP contribution in [0.5, 0.6) is 5.75 Å².